The van der Waals surface area contributed by atoms with Gasteiger partial charge in [-0.05, 0) is 50.2 Å². The van der Waals surface area contributed by atoms with E-state index in [1.807, 2.05) is 60.7 Å². The summed E-state index contributed by atoms with van der Waals surface area (Å²) in [6, 6.07) is 76.5. The number of hydrogen-bond donors (Lipinski definition) is 0. The van der Waals surface area contributed by atoms with Crippen LogP contribution in [0.4, 0.5) is 0 Å². The molecule has 2 aromatic heterocycles. The zero-order valence-corrected chi connectivity index (χ0v) is 32.6. The topological polar surface area (TPSA) is 51.6 Å². The summed E-state index contributed by atoms with van der Waals surface area (Å²) in [6.45, 7) is 0. The molecule has 0 bridgehead atoms. The summed E-state index contributed by atoms with van der Waals surface area (Å²) < 4.78 is 0. The molecule has 11 rings (SSSR count). The van der Waals surface area contributed by atoms with Gasteiger partial charge in [0.1, 0.15) is 0 Å². The van der Waals surface area contributed by atoms with Crippen molar-refractivity contribution in [2.45, 2.75) is 0 Å². The van der Waals surface area contributed by atoms with Crippen molar-refractivity contribution in [3.63, 3.8) is 0 Å². The zero-order chi connectivity index (χ0) is 39.8. The standard InChI is InChI=1S/C56H36N4/c1-4-15-37(16-5-1)46-24-14-25-50-52(46)49-23-12-13-26-51(49)57-53(50)40-31-27-38(28-32-40)44-35-36-45(48-22-11-10-21-47(44)48)39-29-33-43(34-30-39)56-59-54(41-17-6-2-7-18-41)58-55(60-56)42-19-8-3-9-20-42/h1-36H. The van der Waals surface area contributed by atoms with Crippen LogP contribution in [0.1, 0.15) is 0 Å². The first kappa shape index (κ1) is 35.1. The fourth-order valence-corrected chi connectivity index (χ4v) is 8.43. The number of hydrogen-bond acceptors (Lipinski definition) is 4. The van der Waals surface area contributed by atoms with E-state index in [4.69, 9.17) is 19.9 Å². The molecule has 60 heavy (non-hydrogen) atoms. The van der Waals surface area contributed by atoms with Gasteiger partial charge in [0.2, 0.25) is 0 Å². The Bertz CT molecular complexity index is 3270. The van der Waals surface area contributed by atoms with Crippen LogP contribution in [0.5, 0.6) is 0 Å². The number of benzene rings is 9. The van der Waals surface area contributed by atoms with Crippen molar-refractivity contribution in [1.82, 2.24) is 19.9 Å². The summed E-state index contributed by atoms with van der Waals surface area (Å²) in [5, 5.41) is 5.93. The third-order valence-electron chi connectivity index (χ3n) is 11.4. The van der Waals surface area contributed by atoms with Gasteiger partial charge in [-0.25, -0.2) is 19.9 Å². The maximum atomic E-state index is 5.26. The van der Waals surface area contributed by atoms with E-state index < -0.39 is 0 Å². The molecule has 2 heterocycles. The number of nitrogens with zero attached hydrogens (tertiary/aromatic N) is 4. The lowest BCUT2D eigenvalue weighted by molar-refractivity contribution is 1.07. The minimum atomic E-state index is 0.640. The second-order valence-electron chi connectivity index (χ2n) is 15.0. The normalized spacial score (nSPS) is 11.3. The van der Waals surface area contributed by atoms with Gasteiger partial charge in [-0.2, -0.15) is 0 Å². The van der Waals surface area contributed by atoms with E-state index in [1.165, 1.54) is 38.4 Å². The second-order valence-corrected chi connectivity index (χ2v) is 15.0. The molecule has 9 aromatic carbocycles. The van der Waals surface area contributed by atoms with E-state index in [2.05, 4.69) is 158 Å². The number of pyridine rings is 1. The van der Waals surface area contributed by atoms with Gasteiger partial charge in [0, 0.05) is 38.4 Å². The van der Waals surface area contributed by atoms with Gasteiger partial charge < -0.3 is 0 Å². The van der Waals surface area contributed by atoms with Crippen LogP contribution in [0.3, 0.4) is 0 Å². The highest BCUT2D eigenvalue weighted by atomic mass is 15.0. The number of fused-ring (bicyclic) bond motifs is 4. The Hall–Kier alpha value is -8.08. The molecule has 0 spiro atoms. The Balaban J connectivity index is 0.951. The molecule has 0 atom stereocenters. The summed E-state index contributed by atoms with van der Waals surface area (Å²) >= 11 is 0. The highest BCUT2D eigenvalue weighted by Crippen LogP contribution is 2.40. The Labute approximate surface area is 348 Å². The van der Waals surface area contributed by atoms with E-state index in [9.17, 15) is 0 Å². The lowest BCUT2D eigenvalue weighted by atomic mass is 9.90. The number of para-hydroxylation sites is 1. The van der Waals surface area contributed by atoms with Gasteiger partial charge >= 0.3 is 0 Å². The minimum Gasteiger partial charge on any atom is -0.247 e. The quantitative estimate of drug-likeness (QED) is 0.152. The zero-order valence-electron chi connectivity index (χ0n) is 32.6. The first-order valence-electron chi connectivity index (χ1n) is 20.2. The predicted octanol–water partition coefficient (Wildman–Crippen LogP) is 14.4. The average molecular weight is 765 g/mol. The summed E-state index contributed by atoms with van der Waals surface area (Å²) in [5.74, 6) is 1.94. The minimum absolute atomic E-state index is 0.640. The predicted molar refractivity (Wildman–Crippen MR) is 248 cm³/mol. The summed E-state index contributed by atoms with van der Waals surface area (Å²) in [4.78, 5) is 20.0. The molecule has 11 aromatic rings. The van der Waals surface area contributed by atoms with Crippen molar-refractivity contribution in [2.75, 3.05) is 0 Å². The molecular formula is C56H36N4. The Morgan fingerprint density at radius 1 is 0.217 bits per heavy atom. The Kier molecular flexibility index (Phi) is 8.79. The molecule has 0 radical (unpaired) electrons. The lowest BCUT2D eigenvalue weighted by Crippen LogP contribution is -2.00. The third kappa shape index (κ3) is 6.37. The van der Waals surface area contributed by atoms with Crippen LogP contribution in [0.2, 0.25) is 0 Å². The van der Waals surface area contributed by atoms with Crippen LogP contribution in [0, 0.1) is 0 Å². The largest absolute Gasteiger partial charge is 0.247 e. The fraction of sp³-hybridized carbons (Fsp3) is 0. The maximum absolute atomic E-state index is 5.26. The van der Waals surface area contributed by atoms with E-state index in [0.29, 0.717) is 17.5 Å². The van der Waals surface area contributed by atoms with Crippen molar-refractivity contribution < 1.29 is 0 Å². The van der Waals surface area contributed by atoms with Crippen LogP contribution in [-0.2, 0) is 0 Å². The lowest BCUT2D eigenvalue weighted by Gasteiger charge is -2.15. The second kappa shape index (κ2) is 15.0. The summed E-state index contributed by atoms with van der Waals surface area (Å²) in [7, 11) is 0. The van der Waals surface area contributed by atoms with Crippen LogP contribution in [0.15, 0.2) is 218 Å². The highest BCUT2D eigenvalue weighted by Gasteiger charge is 2.17. The monoisotopic (exact) mass is 764 g/mol. The van der Waals surface area contributed by atoms with Gasteiger partial charge in [0.25, 0.3) is 0 Å². The Morgan fingerprint density at radius 3 is 1.13 bits per heavy atom. The average Bonchev–Trinajstić information content (AvgIpc) is 3.34. The van der Waals surface area contributed by atoms with Gasteiger partial charge in [-0.1, -0.05) is 212 Å². The third-order valence-corrected chi connectivity index (χ3v) is 11.4. The molecule has 0 aliphatic carbocycles. The SMILES string of the molecule is c1ccc(-c2nc(-c3ccccc3)nc(-c3ccc(-c4ccc(-c5ccc(-c6nc7ccccc7c7c(-c8ccccc8)cccc67)cc5)c5ccccc45)cc3)n2)cc1. The van der Waals surface area contributed by atoms with Gasteiger partial charge in [-0.15, -0.1) is 0 Å². The highest BCUT2D eigenvalue weighted by molar-refractivity contribution is 6.17. The van der Waals surface area contributed by atoms with Crippen molar-refractivity contribution in [3.05, 3.63) is 218 Å². The Morgan fingerprint density at radius 2 is 0.600 bits per heavy atom. The van der Waals surface area contributed by atoms with Crippen molar-refractivity contribution >= 4 is 32.4 Å². The fourth-order valence-electron chi connectivity index (χ4n) is 8.43. The van der Waals surface area contributed by atoms with Gasteiger partial charge in [0.15, 0.2) is 17.5 Å². The number of rotatable bonds is 7. The van der Waals surface area contributed by atoms with Gasteiger partial charge in [-0.3, -0.25) is 0 Å². The maximum Gasteiger partial charge on any atom is 0.164 e. The van der Waals surface area contributed by atoms with E-state index >= 15 is 0 Å². The molecule has 0 aliphatic rings. The molecule has 0 amide bonds. The molecule has 0 N–H and O–H groups in total. The summed E-state index contributed by atoms with van der Waals surface area (Å²) in [5.41, 5.74) is 13.0. The molecule has 0 fully saturated rings. The number of aromatic nitrogens is 4. The van der Waals surface area contributed by atoms with E-state index in [0.717, 1.165) is 55.4 Å². The molecule has 0 aliphatic heterocycles. The first-order chi connectivity index (χ1) is 29.7. The van der Waals surface area contributed by atoms with Crippen LogP contribution < -0.4 is 0 Å². The molecular weight excluding hydrogens is 729 g/mol. The van der Waals surface area contributed by atoms with Crippen LogP contribution in [-0.4, -0.2) is 19.9 Å². The van der Waals surface area contributed by atoms with Crippen molar-refractivity contribution in [3.8, 4) is 78.8 Å². The van der Waals surface area contributed by atoms with Gasteiger partial charge in [0.05, 0.1) is 11.2 Å². The van der Waals surface area contributed by atoms with E-state index in [-0.39, 0.29) is 0 Å². The molecule has 0 saturated carbocycles. The first-order valence-corrected chi connectivity index (χ1v) is 20.2. The van der Waals surface area contributed by atoms with Crippen molar-refractivity contribution in [2.24, 2.45) is 0 Å². The van der Waals surface area contributed by atoms with Crippen molar-refractivity contribution in [1.29, 1.82) is 0 Å². The summed E-state index contributed by atoms with van der Waals surface area (Å²) in [6.07, 6.45) is 0. The van der Waals surface area contributed by atoms with Crippen LogP contribution in [0.25, 0.3) is 111 Å². The molecule has 280 valence electrons. The molecule has 4 nitrogen and oxygen atoms in total. The van der Waals surface area contributed by atoms with Crippen LogP contribution >= 0.6 is 0 Å². The van der Waals surface area contributed by atoms with E-state index in [1.54, 1.807) is 0 Å². The molecule has 0 saturated heterocycles. The smallest absolute Gasteiger partial charge is 0.164 e. The molecule has 0 unspecified atom stereocenters. The molecule has 4 heteroatoms.